The van der Waals surface area contributed by atoms with E-state index in [9.17, 15) is 0 Å². The van der Waals surface area contributed by atoms with Gasteiger partial charge in [0.1, 0.15) is 17.4 Å². The lowest BCUT2D eigenvalue weighted by molar-refractivity contribution is 0.574. The van der Waals surface area contributed by atoms with Crippen LogP contribution in [-0.4, -0.2) is 15.0 Å². The molecule has 5 heteroatoms. The third-order valence-electron chi connectivity index (χ3n) is 8.38. The zero-order valence-corrected chi connectivity index (χ0v) is 23.0. The Morgan fingerprint density at radius 1 is 0.581 bits per heavy atom. The summed E-state index contributed by atoms with van der Waals surface area (Å²) < 4.78 is 6.21. The van der Waals surface area contributed by atoms with Gasteiger partial charge in [-0.15, -0.1) is 0 Å². The van der Waals surface area contributed by atoms with Crippen molar-refractivity contribution in [1.82, 2.24) is 20.3 Å². The summed E-state index contributed by atoms with van der Waals surface area (Å²) in [6.07, 6.45) is 3.88. The molecule has 9 rings (SSSR count). The van der Waals surface area contributed by atoms with Crippen molar-refractivity contribution in [2.75, 3.05) is 0 Å². The number of nitrogens with one attached hydrogen (secondary N) is 1. The summed E-state index contributed by atoms with van der Waals surface area (Å²) in [6, 6.07) is 41.7. The molecule has 202 valence electrons. The Morgan fingerprint density at radius 3 is 2.16 bits per heavy atom. The SMILES string of the molecule is C1=Cc2oc3ccccc3c2C(c2nc(-c3ccccc3)nc(-c3cc4ccc5ccccc5c4c4ccccc34)n2)N1. The van der Waals surface area contributed by atoms with Crippen molar-refractivity contribution in [1.29, 1.82) is 0 Å². The van der Waals surface area contributed by atoms with Crippen molar-refractivity contribution in [3.63, 3.8) is 0 Å². The van der Waals surface area contributed by atoms with Crippen LogP contribution in [0, 0.1) is 0 Å². The minimum Gasteiger partial charge on any atom is -0.456 e. The third-order valence-corrected chi connectivity index (χ3v) is 8.38. The molecule has 1 unspecified atom stereocenters. The van der Waals surface area contributed by atoms with Crippen LogP contribution in [0.4, 0.5) is 0 Å². The fourth-order valence-electron chi connectivity index (χ4n) is 6.43. The lowest BCUT2D eigenvalue weighted by Crippen LogP contribution is -2.23. The molecule has 5 nitrogen and oxygen atoms in total. The maximum absolute atomic E-state index is 6.21. The highest BCUT2D eigenvalue weighted by Crippen LogP contribution is 2.40. The molecule has 0 bridgehead atoms. The average molecular weight is 553 g/mol. The largest absolute Gasteiger partial charge is 0.456 e. The summed E-state index contributed by atoms with van der Waals surface area (Å²) in [7, 11) is 0. The van der Waals surface area contributed by atoms with E-state index in [1.54, 1.807) is 0 Å². The minimum atomic E-state index is -0.302. The number of para-hydroxylation sites is 1. The van der Waals surface area contributed by atoms with E-state index >= 15 is 0 Å². The lowest BCUT2D eigenvalue weighted by Gasteiger charge is -2.21. The van der Waals surface area contributed by atoms with Crippen molar-refractivity contribution in [3.8, 4) is 22.8 Å². The van der Waals surface area contributed by atoms with Crippen LogP contribution < -0.4 is 5.32 Å². The van der Waals surface area contributed by atoms with Gasteiger partial charge in [0.25, 0.3) is 0 Å². The molecule has 0 saturated heterocycles. The molecule has 0 aliphatic carbocycles. The second kappa shape index (κ2) is 9.36. The second-order valence-corrected chi connectivity index (χ2v) is 10.9. The normalized spacial score (nSPS) is 14.4. The highest BCUT2D eigenvalue weighted by Gasteiger charge is 2.28. The van der Waals surface area contributed by atoms with Gasteiger partial charge in [0.05, 0.1) is 0 Å². The highest BCUT2D eigenvalue weighted by molar-refractivity contribution is 6.23. The van der Waals surface area contributed by atoms with Gasteiger partial charge in [-0.25, -0.2) is 15.0 Å². The third kappa shape index (κ3) is 3.75. The van der Waals surface area contributed by atoms with E-state index in [-0.39, 0.29) is 6.04 Å². The number of benzene rings is 6. The van der Waals surface area contributed by atoms with Crippen LogP contribution in [0.5, 0.6) is 0 Å². The fourth-order valence-corrected chi connectivity index (χ4v) is 6.43. The molecule has 1 N–H and O–H groups in total. The maximum Gasteiger partial charge on any atom is 0.164 e. The van der Waals surface area contributed by atoms with Crippen molar-refractivity contribution in [2.24, 2.45) is 0 Å². The van der Waals surface area contributed by atoms with Crippen molar-refractivity contribution in [2.45, 2.75) is 6.04 Å². The fraction of sp³-hybridized carbons (Fsp3) is 0.0263. The molecule has 0 saturated carbocycles. The summed E-state index contributed by atoms with van der Waals surface area (Å²) in [4.78, 5) is 15.4. The number of hydrogen-bond acceptors (Lipinski definition) is 5. The molecular weight excluding hydrogens is 528 g/mol. The molecule has 6 aromatic carbocycles. The lowest BCUT2D eigenvalue weighted by atomic mass is 9.93. The van der Waals surface area contributed by atoms with Crippen molar-refractivity contribution in [3.05, 3.63) is 145 Å². The predicted molar refractivity (Wildman–Crippen MR) is 173 cm³/mol. The molecule has 0 amide bonds. The molecule has 1 aliphatic heterocycles. The smallest absolute Gasteiger partial charge is 0.164 e. The van der Waals surface area contributed by atoms with E-state index in [1.807, 2.05) is 60.8 Å². The number of fused-ring (bicyclic) bond motifs is 8. The number of hydrogen-bond donors (Lipinski definition) is 1. The topological polar surface area (TPSA) is 63.8 Å². The van der Waals surface area contributed by atoms with Crippen LogP contribution in [0.2, 0.25) is 0 Å². The number of furan rings is 1. The molecule has 1 atom stereocenters. The minimum absolute atomic E-state index is 0.302. The molecular formula is C38H24N4O. The summed E-state index contributed by atoms with van der Waals surface area (Å²) in [5.41, 5.74) is 3.79. The molecule has 1 aliphatic rings. The monoisotopic (exact) mass is 552 g/mol. The molecule has 0 spiro atoms. The van der Waals surface area contributed by atoms with Crippen LogP contribution in [0.1, 0.15) is 23.2 Å². The van der Waals surface area contributed by atoms with Crippen LogP contribution in [0.3, 0.4) is 0 Å². The Bertz CT molecular complexity index is 2390. The summed E-state index contributed by atoms with van der Waals surface area (Å²) in [5.74, 6) is 2.73. The van der Waals surface area contributed by atoms with Gasteiger partial charge in [-0.1, -0.05) is 109 Å². The Morgan fingerprint density at radius 2 is 1.28 bits per heavy atom. The maximum atomic E-state index is 6.21. The Kier molecular flexibility index (Phi) is 5.19. The Balaban J connectivity index is 1.33. The number of nitrogens with zero attached hydrogens (tertiary/aromatic N) is 3. The summed E-state index contributed by atoms with van der Waals surface area (Å²) >= 11 is 0. The first-order valence-corrected chi connectivity index (χ1v) is 14.4. The highest BCUT2D eigenvalue weighted by atomic mass is 16.3. The molecule has 0 radical (unpaired) electrons. The average Bonchev–Trinajstić information content (AvgIpc) is 3.47. The van der Waals surface area contributed by atoms with Gasteiger partial charge >= 0.3 is 0 Å². The quantitative estimate of drug-likeness (QED) is 0.222. The standard InChI is InChI=1S/C38H24N4O/c1-2-11-24(12-3-1)36-40-37(42-38(41-36)35-34-29-16-8-9-17-31(29)43-32(34)20-21-39-35)30-22-25-19-18-23-10-4-5-13-26(23)33(25)28-15-7-6-14-27(28)30/h1-22,35,39H. The van der Waals surface area contributed by atoms with Gasteiger partial charge in [-0.05, 0) is 50.5 Å². The van der Waals surface area contributed by atoms with Crippen molar-refractivity contribution >= 4 is 49.4 Å². The van der Waals surface area contributed by atoms with E-state index in [1.165, 1.54) is 21.5 Å². The van der Waals surface area contributed by atoms with E-state index in [0.717, 1.165) is 44.2 Å². The molecule has 43 heavy (non-hydrogen) atoms. The van der Waals surface area contributed by atoms with E-state index in [2.05, 4.69) is 78.1 Å². The first kappa shape index (κ1) is 23.9. The van der Waals surface area contributed by atoms with E-state index in [0.29, 0.717) is 17.5 Å². The van der Waals surface area contributed by atoms with Gasteiger partial charge in [0.2, 0.25) is 0 Å². The zero-order chi connectivity index (χ0) is 28.3. The second-order valence-electron chi connectivity index (χ2n) is 10.9. The van der Waals surface area contributed by atoms with Crippen LogP contribution in [-0.2, 0) is 0 Å². The van der Waals surface area contributed by atoms with Crippen LogP contribution in [0.15, 0.2) is 132 Å². The van der Waals surface area contributed by atoms with Crippen LogP contribution in [0.25, 0.3) is 72.1 Å². The van der Waals surface area contributed by atoms with Gasteiger partial charge in [0.15, 0.2) is 17.5 Å². The van der Waals surface area contributed by atoms with E-state index < -0.39 is 0 Å². The molecule has 0 fully saturated rings. The molecule has 3 heterocycles. The first-order chi connectivity index (χ1) is 21.3. The van der Waals surface area contributed by atoms with Gasteiger partial charge < -0.3 is 9.73 Å². The predicted octanol–water partition coefficient (Wildman–Crippen LogP) is 9.07. The Hall–Kier alpha value is -5.81. The van der Waals surface area contributed by atoms with Gasteiger partial charge in [-0.2, -0.15) is 0 Å². The van der Waals surface area contributed by atoms with Crippen molar-refractivity contribution < 1.29 is 4.42 Å². The molecule has 8 aromatic rings. The van der Waals surface area contributed by atoms with E-state index in [4.69, 9.17) is 19.4 Å². The zero-order valence-electron chi connectivity index (χ0n) is 23.0. The van der Waals surface area contributed by atoms with Gasteiger partial charge in [0, 0.05) is 28.3 Å². The van der Waals surface area contributed by atoms with Gasteiger partial charge in [-0.3, -0.25) is 0 Å². The first-order valence-electron chi connectivity index (χ1n) is 14.4. The summed E-state index contributed by atoms with van der Waals surface area (Å²) in [6.45, 7) is 0. The Labute approximate surface area is 247 Å². The number of rotatable bonds is 3. The summed E-state index contributed by atoms with van der Waals surface area (Å²) in [5, 5.41) is 11.7. The van der Waals surface area contributed by atoms with Crippen LogP contribution >= 0.6 is 0 Å². The molecule has 2 aromatic heterocycles. The number of aromatic nitrogens is 3.